The largest absolute Gasteiger partial charge is 0.354 e. The van der Waals surface area contributed by atoms with E-state index in [1.165, 1.54) is 11.0 Å². The van der Waals surface area contributed by atoms with Gasteiger partial charge in [0.25, 0.3) is 0 Å². The van der Waals surface area contributed by atoms with Gasteiger partial charge in [-0.3, -0.25) is 13.9 Å². The van der Waals surface area contributed by atoms with E-state index in [1.807, 2.05) is 37.3 Å². The number of amides is 2. The molecule has 0 fully saturated rings. The lowest BCUT2D eigenvalue weighted by molar-refractivity contribution is -0.140. The Labute approximate surface area is 244 Å². The van der Waals surface area contributed by atoms with Gasteiger partial charge < -0.3 is 10.2 Å². The van der Waals surface area contributed by atoms with E-state index in [0.29, 0.717) is 17.1 Å². The number of halogens is 3. The number of nitrogens with zero attached hydrogens (tertiary/aromatic N) is 2. The molecule has 214 valence electrons. The predicted molar refractivity (Wildman–Crippen MR) is 157 cm³/mol. The first-order chi connectivity index (χ1) is 19.0. The van der Waals surface area contributed by atoms with E-state index in [-0.39, 0.29) is 29.6 Å². The number of hydrogen-bond donors (Lipinski definition) is 1. The van der Waals surface area contributed by atoms with Crippen molar-refractivity contribution in [2.24, 2.45) is 0 Å². The van der Waals surface area contributed by atoms with Crippen LogP contribution in [0.5, 0.6) is 0 Å². The van der Waals surface area contributed by atoms with Crippen LogP contribution >= 0.6 is 23.2 Å². The number of sulfonamides is 1. The third-order valence-electron chi connectivity index (χ3n) is 6.21. The summed E-state index contributed by atoms with van der Waals surface area (Å²) in [4.78, 5) is 28.9. The quantitative estimate of drug-likeness (QED) is 0.262. The molecule has 11 heteroatoms. The lowest BCUT2D eigenvalue weighted by Crippen LogP contribution is -2.53. The van der Waals surface area contributed by atoms with E-state index in [9.17, 15) is 22.4 Å². The number of unbranched alkanes of at least 4 members (excludes halogenated alkanes) is 1. The molecule has 0 saturated carbocycles. The molecule has 0 aliphatic rings. The Morgan fingerprint density at radius 2 is 1.68 bits per heavy atom. The zero-order valence-corrected chi connectivity index (χ0v) is 24.6. The highest BCUT2D eigenvalue weighted by molar-refractivity contribution is 7.92. The predicted octanol–water partition coefficient (Wildman–Crippen LogP) is 5.45. The molecule has 0 aromatic heterocycles. The smallest absolute Gasteiger partial charge is 0.244 e. The summed E-state index contributed by atoms with van der Waals surface area (Å²) in [5, 5.41) is 3.08. The average molecular weight is 609 g/mol. The van der Waals surface area contributed by atoms with Crippen LogP contribution in [0.25, 0.3) is 0 Å². The number of hydrogen-bond acceptors (Lipinski definition) is 4. The molecule has 2 amide bonds. The van der Waals surface area contributed by atoms with Crippen molar-refractivity contribution in [3.8, 4) is 0 Å². The van der Waals surface area contributed by atoms with E-state index in [4.69, 9.17) is 23.2 Å². The minimum absolute atomic E-state index is 0.000132. The molecule has 3 aromatic carbocycles. The van der Waals surface area contributed by atoms with Crippen LogP contribution in [0.1, 0.15) is 30.9 Å². The summed E-state index contributed by atoms with van der Waals surface area (Å²) >= 11 is 12.1. The fourth-order valence-corrected chi connectivity index (χ4v) is 5.38. The molecule has 1 unspecified atom stereocenters. The number of carbonyl (C=O) groups excluding carboxylic acids is 2. The van der Waals surface area contributed by atoms with Crippen LogP contribution in [0.15, 0.2) is 72.8 Å². The highest BCUT2D eigenvalue weighted by Crippen LogP contribution is 2.25. The first-order valence-corrected chi connectivity index (χ1v) is 15.4. The van der Waals surface area contributed by atoms with Gasteiger partial charge in [0.2, 0.25) is 21.8 Å². The van der Waals surface area contributed by atoms with Crippen LogP contribution in [0.2, 0.25) is 10.0 Å². The van der Waals surface area contributed by atoms with Crippen LogP contribution < -0.4 is 9.62 Å². The molecule has 7 nitrogen and oxygen atoms in total. The van der Waals surface area contributed by atoms with Gasteiger partial charge >= 0.3 is 0 Å². The van der Waals surface area contributed by atoms with Crippen molar-refractivity contribution in [2.75, 3.05) is 23.7 Å². The molecule has 0 saturated heterocycles. The number of rotatable bonds is 13. The van der Waals surface area contributed by atoms with E-state index in [2.05, 4.69) is 5.32 Å². The van der Waals surface area contributed by atoms with Gasteiger partial charge in [-0.2, -0.15) is 0 Å². The van der Waals surface area contributed by atoms with E-state index in [0.717, 1.165) is 41.1 Å². The van der Waals surface area contributed by atoms with Crippen molar-refractivity contribution >= 4 is 50.7 Å². The molecule has 40 heavy (non-hydrogen) atoms. The standard InChI is InChI=1S/C29H32Cl2FN3O4S/c1-3-4-15-33-29(37)27(17-21-9-6-5-7-10-21)34(19-22-11-8-12-23(30)16-22)28(36)20-35(40(2,38)39)24-13-14-26(32)25(31)18-24/h5-14,16,18,27H,3-4,15,17,19-20H2,1-2H3,(H,33,37). The Kier molecular flexibility index (Phi) is 11.4. The molecule has 3 aromatic rings. The Morgan fingerprint density at radius 3 is 2.30 bits per heavy atom. The Morgan fingerprint density at radius 1 is 0.975 bits per heavy atom. The van der Waals surface area contributed by atoms with E-state index < -0.39 is 34.3 Å². The average Bonchev–Trinajstić information content (AvgIpc) is 2.91. The van der Waals surface area contributed by atoms with Crippen molar-refractivity contribution in [2.45, 2.75) is 38.8 Å². The molecule has 0 bridgehead atoms. The summed E-state index contributed by atoms with van der Waals surface area (Å²) < 4.78 is 40.2. The zero-order valence-electron chi connectivity index (χ0n) is 22.3. The fraction of sp³-hybridized carbons (Fsp3) is 0.310. The number of benzene rings is 3. The molecule has 1 atom stereocenters. The van der Waals surface area contributed by atoms with Crippen LogP contribution in [0, 0.1) is 5.82 Å². The molecular formula is C29H32Cl2FN3O4S. The number of nitrogens with one attached hydrogen (secondary N) is 1. The van der Waals surface area contributed by atoms with Crippen molar-refractivity contribution in [3.05, 3.63) is 99.8 Å². The molecule has 0 spiro atoms. The van der Waals surface area contributed by atoms with Crippen molar-refractivity contribution < 1.29 is 22.4 Å². The van der Waals surface area contributed by atoms with Gasteiger partial charge in [-0.05, 0) is 47.9 Å². The van der Waals surface area contributed by atoms with E-state index in [1.54, 1.807) is 24.3 Å². The third-order valence-corrected chi connectivity index (χ3v) is 7.88. The van der Waals surface area contributed by atoms with Gasteiger partial charge in [0, 0.05) is 24.5 Å². The molecular weight excluding hydrogens is 576 g/mol. The summed E-state index contributed by atoms with van der Waals surface area (Å²) in [6, 6.07) is 18.6. The molecule has 3 rings (SSSR count). The summed E-state index contributed by atoms with van der Waals surface area (Å²) in [5.74, 6) is -1.71. The first kappa shape index (κ1) is 31.4. The highest BCUT2D eigenvalue weighted by atomic mass is 35.5. The Bertz CT molecular complexity index is 1420. The second kappa shape index (κ2) is 14.5. The topological polar surface area (TPSA) is 86.8 Å². The Hall–Kier alpha value is -3.14. The maximum Gasteiger partial charge on any atom is 0.244 e. The summed E-state index contributed by atoms with van der Waals surface area (Å²) in [5.41, 5.74) is 1.51. The number of carbonyl (C=O) groups is 2. The van der Waals surface area contributed by atoms with Gasteiger partial charge in [0.05, 0.1) is 17.0 Å². The molecule has 0 heterocycles. The van der Waals surface area contributed by atoms with Crippen LogP contribution in [0.3, 0.4) is 0 Å². The van der Waals surface area contributed by atoms with Gasteiger partial charge in [0.1, 0.15) is 18.4 Å². The highest BCUT2D eigenvalue weighted by Gasteiger charge is 2.33. The SMILES string of the molecule is CCCCNC(=O)C(Cc1ccccc1)N(Cc1cccc(Cl)c1)C(=O)CN(c1ccc(F)c(Cl)c1)S(C)(=O)=O. The Balaban J connectivity index is 2.04. The van der Waals surface area contributed by atoms with Gasteiger partial charge in [-0.15, -0.1) is 0 Å². The molecule has 0 aliphatic carbocycles. The van der Waals surface area contributed by atoms with Crippen LogP contribution in [-0.2, 0) is 32.6 Å². The third kappa shape index (κ3) is 8.94. The van der Waals surface area contributed by atoms with Gasteiger partial charge in [-0.25, -0.2) is 12.8 Å². The summed E-state index contributed by atoms with van der Waals surface area (Å²) in [7, 11) is -4.00. The lowest BCUT2D eigenvalue weighted by atomic mass is 10.0. The molecule has 1 N–H and O–H groups in total. The van der Waals surface area contributed by atoms with Crippen molar-refractivity contribution in [1.29, 1.82) is 0 Å². The number of anilines is 1. The van der Waals surface area contributed by atoms with Crippen LogP contribution in [-0.4, -0.2) is 50.5 Å². The molecule has 0 radical (unpaired) electrons. The minimum Gasteiger partial charge on any atom is -0.354 e. The second-order valence-corrected chi connectivity index (χ2v) is 12.1. The van der Waals surface area contributed by atoms with E-state index >= 15 is 0 Å². The van der Waals surface area contributed by atoms with Crippen LogP contribution in [0.4, 0.5) is 10.1 Å². The van der Waals surface area contributed by atoms with Gasteiger partial charge in [-0.1, -0.05) is 79.0 Å². The van der Waals surface area contributed by atoms with Crippen molar-refractivity contribution in [3.63, 3.8) is 0 Å². The normalized spacial score (nSPS) is 12.0. The zero-order chi connectivity index (χ0) is 29.3. The first-order valence-electron chi connectivity index (χ1n) is 12.8. The minimum atomic E-state index is -4.00. The monoisotopic (exact) mass is 607 g/mol. The summed E-state index contributed by atoms with van der Waals surface area (Å²) in [6.07, 6.45) is 2.78. The molecule has 0 aliphatic heterocycles. The maximum atomic E-state index is 14.0. The van der Waals surface area contributed by atoms with Gasteiger partial charge in [0.15, 0.2) is 0 Å². The van der Waals surface area contributed by atoms with Crippen molar-refractivity contribution in [1.82, 2.24) is 10.2 Å². The second-order valence-electron chi connectivity index (χ2n) is 9.37. The fourth-order valence-electron chi connectivity index (χ4n) is 4.15. The lowest BCUT2D eigenvalue weighted by Gasteiger charge is -2.33. The summed E-state index contributed by atoms with van der Waals surface area (Å²) in [6.45, 7) is 1.81. The maximum absolute atomic E-state index is 14.0.